The van der Waals surface area contributed by atoms with Gasteiger partial charge in [0, 0.05) is 16.7 Å². The minimum atomic E-state index is 0.377. The molecule has 17 heavy (non-hydrogen) atoms. The van der Waals surface area contributed by atoms with Crippen molar-refractivity contribution in [1.29, 1.82) is 0 Å². The van der Waals surface area contributed by atoms with Gasteiger partial charge in [0.15, 0.2) is 0 Å². The molecule has 2 rings (SSSR count). The Morgan fingerprint density at radius 2 is 2.00 bits per heavy atom. The third-order valence-corrected chi connectivity index (χ3v) is 5.08. The summed E-state index contributed by atoms with van der Waals surface area (Å²) in [7, 11) is 0. The smallest absolute Gasteiger partial charge is 0.0162 e. The average molecular weight is 249 g/mol. The standard InChI is InChI=1S/C15H23NS/c1-11-7-8-12(2)15(9-11)17-10-14(16)13-5-3-4-6-13/h7-9,13-14H,3-6,10,16H2,1-2H3. The largest absolute Gasteiger partial charge is 0.327 e. The lowest BCUT2D eigenvalue weighted by Crippen LogP contribution is -2.30. The van der Waals surface area contributed by atoms with Crippen LogP contribution in [0.2, 0.25) is 0 Å². The zero-order valence-corrected chi connectivity index (χ0v) is 11.7. The Kier molecular flexibility index (Phi) is 4.52. The summed E-state index contributed by atoms with van der Waals surface area (Å²) in [6, 6.07) is 7.04. The van der Waals surface area contributed by atoms with Crippen LogP contribution in [-0.2, 0) is 0 Å². The lowest BCUT2D eigenvalue weighted by atomic mass is 10.0. The number of benzene rings is 1. The van der Waals surface area contributed by atoms with Crippen molar-refractivity contribution in [3.8, 4) is 0 Å². The lowest BCUT2D eigenvalue weighted by molar-refractivity contribution is 0.463. The molecule has 0 aliphatic heterocycles. The zero-order chi connectivity index (χ0) is 12.3. The maximum Gasteiger partial charge on any atom is 0.0162 e. The van der Waals surface area contributed by atoms with Gasteiger partial charge in [0.1, 0.15) is 0 Å². The summed E-state index contributed by atoms with van der Waals surface area (Å²) in [4.78, 5) is 1.40. The molecule has 1 saturated carbocycles. The molecule has 1 aromatic rings. The molecule has 1 aromatic carbocycles. The Labute approximate surface area is 109 Å². The first-order chi connectivity index (χ1) is 8.16. The Morgan fingerprint density at radius 3 is 2.71 bits per heavy atom. The van der Waals surface area contributed by atoms with Crippen LogP contribution in [0.5, 0.6) is 0 Å². The fraction of sp³-hybridized carbons (Fsp3) is 0.600. The van der Waals surface area contributed by atoms with Gasteiger partial charge in [0.25, 0.3) is 0 Å². The average Bonchev–Trinajstić information content (AvgIpc) is 2.83. The number of thioether (sulfide) groups is 1. The Bertz CT molecular complexity index is 369. The molecule has 0 saturated heterocycles. The molecule has 1 aliphatic rings. The summed E-state index contributed by atoms with van der Waals surface area (Å²) in [5.41, 5.74) is 9.01. The van der Waals surface area contributed by atoms with Crippen LogP contribution in [0.1, 0.15) is 36.8 Å². The number of hydrogen-bond donors (Lipinski definition) is 1. The summed E-state index contributed by atoms with van der Waals surface area (Å²) in [5, 5.41) is 0. The van der Waals surface area contributed by atoms with Crippen LogP contribution in [0.25, 0.3) is 0 Å². The summed E-state index contributed by atoms with van der Waals surface area (Å²) in [5.74, 6) is 1.84. The fourth-order valence-electron chi connectivity index (χ4n) is 2.57. The predicted octanol–water partition coefficient (Wildman–Crippen LogP) is 3.91. The van der Waals surface area contributed by atoms with Gasteiger partial charge >= 0.3 is 0 Å². The summed E-state index contributed by atoms with van der Waals surface area (Å²) in [6.45, 7) is 4.34. The molecular weight excluding hydrogens is 226 g/mol. The van der Waals surface area contributed by atoms with E-state index in [2.05, 4.69) is 32.0 Å². The molecule has 1 nitrogen and oxygen atoms in total. The summed E-state index contributed by atoms with van der Waals surface area (Å²) < 4.78 is 0. The van der Waals surface area contributed by atoms with Crippen LogP contribution in [0.3, 0.4) is 0 Å². The number of hydrogen-bond acceptors (Lipinski definition) is 2. The van der Waals surface area contributed by atoms with Crippen molar-refractivity contribution >= 4 is 11.8 Å². The van der Waals surface area contributed by atoms with E-state index >= 15 is 0 Å². The van der Waals surface area contributed by atoms with Gasteiger partial charge in [0.2, 0.25) is 0 Å². The molecule has 1 atom stereocenters. The van der Waals surface area contributed by atoms with Gasteiger partial charge in [-0.25, -0.2) is 0 Å². The molecule has 1 fully saturated rings. The van der Waals surface area contributed by atoms with Gasteiger partial charge in [-0.1, -0.05) is 30.5 Å². The summed E-state index contributed by atoms with van der Waals surface area (Å²) in [6.07, 6.45) is 5.45. The third-order valence-electron chi connectivity index (χ3n) is 3.78. The van der Waals surface area contributed by atoms with Gasteiger partial charge in [-0.15, -0.1) is 11.8 Å². The van der Waals surface area contributed by atoms with Gasteiger partial charge in [-0.2, -0.15) is 0 Å². The van der Waals surface area contributed by atoms with Crippen LogP contribution in [-0.4, -0.2) is 11.8 Å². The van der Waals surface area contributed by atoms with E-state index in [1.54, 1.807) is 0 Å². The van der Waals surface area contributed by atoms with Crippen molar-refractivity contribution in [2.75, 3.05) is 5.75 Å². The zero-order valence-electron chi connectivity index (χ0n) is 10.9. The molecule has 94 valence electrons. The monoisotopic (exact) mass is 249 g/mol. The first-order valence-corrected chi connectivity index (χ1v) is 7.61. The van der Waals surface area contributed by atoms with Gasteiger partial charge < -0.3 is 5.73 Å². The molecule has 1 unspecified atom stereocenters. The predicted molar refractivity (Wildman–Crippen MR) is 76.6 cm³/mol. The van der Waals surface area contributed by atoms with E-state index in [0.717, 1.165) is 11.7 Å². The van der Waals surface area contributed by atoms with Gasteiger partial charge in [-0.3, -0.25) is 0 Å². The third kappa shape index (κ3) is 3.49. The number of rotatable bonds is 4. The minimum absolute atomic E-state index is 0.377. The van der Waals surface area contributed by atoms with Crippen molar-refractivity contribution in [3.05, 3.63) is 29.3 Å². The van der Waals surface area contributed by atoms with Crippen LogP contribution >= 0.6 is 11.8 Å². The molecule has 0 aromatic heterocycles. The number of nitrogens with two attached hydrogens (primary N) is 1. The molecule has 0 heterocycles. The van der Waals surface area contributed by atoms with E-state index in [1.165, 1.54) is 41.7 Å². The first kappa shape index (κ1) is 13.0. The van der Waals surface area contributed by atoms with E-state index in [-0.39, 0.29) is 0 Å². The van der Waals surface area contributed by atoms with Crippen LogP contribution in [0.4, 0.5) is 0 Å². The maximum atomic E-state index is 6.29. The van der Waals surface area contributed by atoms with Crippen LogP contribution in [0, 0.1) is 19.8 Å². The van der Waals surface area contributed by atoms with E-state index in [1.807, 2.05) is 11.8 Å². The van der Waals surface area contributed by atoms with Crippen molar-refractivity contribution in [2.24, 2.45) is 11.7 Å². The topological polar surface area (TPSA) is 26.0 Å². The van der Waals surface area contributed by atoms with Gasteiger partial charge in [-0.05, 0) is 44.2 Å². The first-order valence-electron chi connectivity index (χ1n) is 6.62. The Morgan fingerprint density at radius 1 is 1.29 bits per heavy atom. The highest BCUT2D eigenvalue weighted by Gasteiger charge is 2.21. The Balaban J connectivity index is 1.90. The highest BCUT2D eigenvalue weighted by molar-refractivity contribution is 7.99. The van der Waals surface area contributed by atoms with Crippen molar-refractivity contribution in [3.63, 3.8) is 0 Å². The molecule has 2 N–H and O–H groups in total. The van der Waals surface area contributed by atoms with Crippen molar-refractivity contribution in [2.45, 2.75) is 50.5 Å². The second-order valence-electron chi connectivity index (χ2n) is 5.29. The Hall–Kier alpha value is -0.470. The molecule has 0 radical (unpaired) electrons. The highest BCUT2D eigenvalue weighted by Crippen LogP contribution is 2.30. The van der Waals surface area contributed by atoms with Crippen LogP contribution < -0.4 is 5.73 Å². The normalized spacial score (nSPS) is 18.5. The summed E-state index contributed by atoms with van der Waals surface area (Å²) >= 11 is 1.93. The minimum Gasteiger partial charge on any atom is -0.327 e. The molecule has 0 amide bonds. The van der Waals surface area contributed by atoms with Crippen LogP contribution in [0.15, 0.2) is 23.1 Å². The van der Waals surface area contributed by atoms with Crippen molar-refractivity contribution < 1.29 is 0 Å². The van der Waals surface area contributed by atoms with Gasteiger partial charge in [0.05, 0.1) is 0 Å². The van der Waals surface area contributed by atoms with E-state index in [4.69, 9.17) is 5.73 Å². The van der Waals surface area contributed by atoms with E-state index < -0.39 is 0 Å². The maximum absolute atomic E-state index is 6.29. The lowest BCUT2D eigenvalue weighted by Gasteiger charge is -2.18. The quantitative estimate of drug-likeness (QED) is 0.819. The number of aryl methyl sites for hydroxylation is 2. The molecule has 0 bridgehead atoms. The van der Waals surface area contributed by atoms with E-state index in [9.17, 15) is 0 Å². The molecule has 2 heteroatoms. The second-order valence-corrected chi connectivity index (χ2v) is 6.35. The molecule has 1 aliphatic carbocycles. The second kappa shape index (κ2) is 5.92. The SMILES string of the molecule is Cc1ccc(C)c(SCC(N)C2CCCC2)c1. The van der Waals surface area contributed by atoms with Crippen molar-refractivity contribution in [1.82, 2.24) is 0 Å². The molecule has 0 spiro atoms. The van der Waals surface area contributed by atoms with E-state index in [0.29, 0.717) is 6.04 Å². The fourth-order valence-corrected chi connectivity index (χ4v) is 3.78. The highest BCUT2D eigenvalue weighted by atomic mass is 32.2. The molecular formula is C15H23NS.